The van der Waals surface area contributed by atoms with Crippen molar-refractivity contribution < 1.29 is 18.0 Å². The van der Waals surface area contributed by atoms with Gasteiger partial charge in [0.05, 0.1) is 17.0 Å². The minimum atomic E-state index is -4.50. The summed E-state index contributed by atoms with van der Waals surface area (Å²) in [5, 5.41) is 8.36. The summed E-state index contributed by atoms with van der Waals surface area (Å²) in [7, 11) is 0. The van der Waals surface area contributed by atoms with Gasteiger partial charge in [0, 0.05) is 24.5 Å². The zero-order chi connectivity index (χ0) is 23.6. The number of anilines is 3. The van der Waals surface area contributed by atoms with Crippen LogP contribution < -0.4 is 21.7 Å². The molecule has 1 aliphatic rings. The molecular formula is C22H20F3N7O. The van der Waals surface area contributed by atoms with Crippen LogP contribution in [0.25, 0.3) is 0 Å². The fraction of sp³-hybridized carbons (Fsp3) is 0.182. The first-order valence-electron chi connectivity index (χ1n) is 9.94. The van der Waals surface area contributed by atoms with Crippen LogP contribution in [-0.4, -0.2) is 28.3 Å². The van der Waals surface area contributed by atoms with Crippen molar-refractivity contribution in [1.82, 2.24) is 15.3 Å². The molecule has 0 radical (unpaired) electrons. The molecule has 0 spiro atoms. The zero-order valence-corrected chi connectivity index (χ0v) is 17.5. The number of hydrogen-bond acceptors (Lipinski definition) is 6. The van der Waals surface area contributed by atoms with Gasteiger partial charge in [-0.05, 0) is 42.3 Å². The van der Waals surface area contributed by atoms with Crippen molar-refractivity contribution in [1.29, 1.82) is 0 Å². The summed E-state index contributed by atoms with van der Waals surface area (Å²) in [6, 6.07) is 9.17. The second kappa shape index (κ2) is 8.87. The average Bonchev–Trinajstić information content (AvgIpc) is 2.98. The monoisotopic (exact) mass is 455 g/mol. The number of aromatic nitrogens is 2. The van der Waals surface area contributed by atoms with Crippen molar-refractivity contribution in [2.24, 2.45) is 4.99 Å². The topological polar surface area (TPSA) is 117 Å². The highest BCUT2D eigenvalue weighted by Crippen LogP contribution is 2.31. The van der Waals surface area contributed by atoms with Crippen LogP contribution in [0.3, 0.4) is 0 Å². The molecule has 0 bridgehead atoms. The van der Waals surface area contributed by atoms with Crippen LogP contribution in [0.1, 0.15) is 22.4 Å². The van der Waals surface area contributed by atoms with Crippen molar-refractivity contribution in [3.63, 3.8) is 0 Å². The molecule has 2 amide bonds. The fourth-order valence-electron chi connectivity index (χ4n) is 3.32. The van der Waals surface area contributed by atoms with Crippen molar-refractivity contribution in [3.8, 4) is 0 Å². The minimum absolute atomic E-state index is 0.0283. The van der Waals surface area contributed by atoms with E-state index in [0.29, 0.717) is 35.9 Å². The molecule has 0 atom stereocenters. The number of amides is 2. The molecule has 2 heterocycles. The van der Waals surface area contributed by atoms with E-state index >= 15 is 0 Å². The molecule has 4 rings (SSSR count). The van der Waals surface area contributed by atoms with Gasteiger partial charge in [-0.3, -0.25) is 0 Å². The standard InChI is InChI=1S/C22H20F3N7O/c1-12-5-6-13(17-9-27-10-18-19(31-17)20(26)29-11-28-18)7-16(12)32-21(33)30-15-4-2-3-14(8-15)22(23,24)25/h2-8,11,27H,9-10H2,1H3,(H2,26,28,29)(H2,30,32,33). The second-order valence-corrected chi connectivity index (χ2v) is 7.40. The number of rotatable bonds is 3. The van der Waals surface area contributed by atoms with Gasteiger partial charge in [-0.25, -0.2) is 19.8 Å². The zero-order valence-electron chi connectivity index (χ0n) is 17.5. The van der Waals surface area contributed by atoms with Gasteiger partial charge in [0.1, 0.15) is 12.0 Å². The van der Waals surface area contributed by atoms with E-state index in [1.54, 1.807) is 13.0 Å². The van der Waals surface area contributed by atoms with Crippen LogP contribution in [0.5, 0.6) is 0 Å². The molecule has 3 aromatic rings. The number of hydrogen-bond donors (Lipinski definition) is 4. The van der Waals surface area contributed by atoms with E-state index in [2.05, 4.69) is 30.9 Å². The highest BCUT2D eigenvalue weighted by molar-refractivity contribution is 6.06. The smallest absolute Gasteiger partial charge is 0.382 e. The van der Waals surface area contributed by atoms with Crippen LogP contribution in [0.2, 0.25) is 0 Å². The Kier molecular flexibility index (Phi) is 5.97. The highest BCUT2D eigenvalue weighted by atomic mass is 19.4. The Balaban J connectivity index is 1.56. The van der Waals surface area contributed by atoms with Crippen molar-refractivity contribution in [2.45, 2.75) is 19.6 Å². The Morgan fingerprint density at radius 3 is 2.70 bits per heavy atom. The van der Waals surface area contributed by atoms with Gasteiger partial charge in [-0.15, -0.1) is 0 Å². The van der Waals surface area contributed by atoms with E-state index in [-0.39, 0.29) is 11.5 Å². The number of alkyl halides is 3. The lowest BCUT2D eigenvalue weighted by molar-refractivity contribution is -0.137. The predicted octanol–water partition coefficient (Wildman–Crippen LogP) is 4.25. The van der Waals surface area contributed by atoms with E-state index < -0.39 is 17.8 Å². The van der Waals surface area contributed by atoms with Crippen LogP contribution >= 0.6 is 0 Å². The lowest BCUT2D eigenvalue weighted by Gasteiger charge is -2.14. The lowest BCUT2D eigenvalue weighted by Crippen LogP contribution is -2.23. The predicted molar refractivity (Wildman–Crippen MR) is 120 cm³/mol. The molecule has 33 heavy (non-hydrogen) atoms. The molecule has 0 aliphatic carbocycles. The van der Waals surface area contributed by atoms with E-state index in [9.17, 15) is 18.0 Å². The SMILES string of the molecule is Cc1ccc(C2=Nc3c(N)ncnc3CNC2)cc1NC(=O)Nc1cccc(C(F)(F)F)c1. The molecule has 11 heteroatoms. The number of nitrogen functional groups attached to an aromatic ring is 1. The Morgan fingerprint density at radius 1 is 1.09 bits per heavy atom. The first kappa shape index (κ1) is 22.2. The van der Waals surface area contributed by atoms with E-state index in [0.717, 1.165) is 23.3 Å². The number of nitrogens with zero attached hydrogens (tertiary/aromatic N) is 3. The molecular weight excluding hydrogens is 435 g/mol. The Bertz CT molecular complexity index is 1240. The largest absolute Gasteiger partial charge is 0.416 e. The number of nitrogens with two attached hydrogens (primary N) is 1. The number of carbonyl (C=O) groups excluding carboxylic acids is 1. The van der Waals surface area contributed by atoms with E-state index in [4.69, 9.17) is 5.73 Å². The first-order chi connectivity index (χ1) is 15.7. The van der Waals surface area contributed by atoms with Crippen LogP contribution in [0.15, 0.2) is 53.8 Å². The quantitative estimate of drug-likeness (QED) is 0.471. The maximum atomic E-state index is 12.9. The number of aliphatic imine (C=N–C) groups is 1. The Morgan fingerprint density at radius 2 is 1.91 bits per heavy atom. The molecule has 170 valence electrons. The van der Waals surface area contributed by atoms with Crippen LogP contribution in [0.4, 0.5) is 40.8 Å². The second-order valence-electron chi connectivity index (χ2n) is 7.40. The summed E-state index contributed by atoms with van der Waals surface area (Å²) < 4.78 is 38.7. The Hall–Kier alpha value is -3.99. The van der Waals surface area contributed by atoms with Gasteiger partial charge in [-0.1, -0.05) is 18.2 Å². The molecule has 1 aliphatic heterocycles. The molecule has 0 unspecified atom stereocenters. The summed E-state index contributed by atoms with van der Waals surface area (Å²) in [5.41, 5.74) is 8.99. The summed E-state index contributed by atoms with van der Waals surface area (Å²) in [6.45, 7) is 2.72. The maximum absolute atomic E-state index is 12.9. The van der Waals surface area contributed by atoms with Gasteiger partial charge in [0.2, 0.25) is 0 Å². The Labute approximate surface area is 187 Å². The van der Waals surface area contributed by atoms with Gasteiger partial charge >= 0.3 is 12.2 Å². The molecule has 0 saturated heterocycles. The molecule has 5 N–H and O–H groups in total. The summed E-state index contributed by atoms with van der Waals surface area (Å²) in [6.07, 6.45) is -3.12. The normalized spacial score (nSPS) is 13.5. The first-order valence-corrected chi connectivity index (χ1v) is 9.94. The third kappa shape index (κ3) is 5.09. The number of urea groups is 1. The van der Waals surface area contributed by atoms with Crippen molar-refractivity contribution >= 4 is 34.6 Å². The van der Waals surface area contributed by atoms with Gasteiger partial charge in [-0.2, -0.15) is 13.2 Å². The number of aryl methyl sites for hydroxylation is 1. The molecule has 0 saturated carbocycles. The summed E-state index contributed by atoms with van der Waals surface area (Å²) >= 11 is 0. The summed E-state index contributed by atoms with van der Waals surface area (Å²) in [5.74, 6) is 0.270. The number of carbonyl (C=O) groups is 1. The van der Waals surface area contributed by atoms with Gasteiger partial charge < -0.3 is 21.7 Å². The molecule has 2 aromatic carbocycles. The number of fused-ring (bicyclic) bond motifs is 1. The van der Waals surface area contributed by atoms with Crippen LogP contribution in [0, 0.1) is 6.92 Å². The van der Waals surface area contributed by atoms with Gasteiger partial charge in [0.25, 0.3) is 0 Å². The van der Waals surface area contributed by atoms with E-state index in [1.807, 2.05) is 12.1 Å². The molecule has 8 nitrogen and oxygen atoms in total. The molecule has 1 aromatic heterocycles. The fourth-order valence-corrected chi connectivity index (χ4v) is 3.32. The van der Waals surface area contributed by atoms with Crippen LogP contribution in [-0.2, 0) is 12.7 Å². The third-order valence-corrected chi connectivity index (χ3v) is 5.02. The number of nitrogens with one attached hydrogen (secondary N) is 3. The highest BCUT2D eigenvalue weighted by Gasteiger charge is 2.30. The van der Waals surface area contributed by atoms with E-state index in [1.165, 1.54) is 18.5 Å². The third-order valence-electron chi connectivity index (χ3n) is 5.02. The number of benzene rings is 2. The lowest BCUT2D eigenvalue weighted by atomic mass is 10.1. The molecule has 0 fully saturated rings. The summed E-state index contributed by atoms with van der Waals surface area (Å²) in [4.78, 5) is 25.3. The van der Waals surface area contributed by atoms with Crippen molar-refractivity contribution in [2.75, 3.05) is 22.9 Å². The average molecular weight is 455 g/mol. The van der Waals surface area contributed by atoms with Crippen molar-refractivity contribution in [3.05, 3.63) is 71.2 Å². The number of halogens is 3. The minimum Gasteiger partial charge on any atom is -0.382 e. The van der Waals surface area contributed by atoms with Gasteiger partial charge in [0.15, 0.2) is 5.82 Å². The maximum Gasteiger partial charge on any atom is 0.416 e.